The van der Waals surface area contributed by atoms with Crippen LogP contribution in [0.5, 0.6) is 0 Å². The van der Waals surface area contributed by atoms with Gasteiger partial charge in [-0.05, 0) is 31.2 Å². The Bertz CT molecular complexity index is 459. The standard InChI is InChI=1S/C18H30N2O2/c1-14(19-17(21)20(5)15(2)13-22-6)12-18(3,4)16-10-8-7-9-11-16/h7-11,14-15H,12-13H2,1-6H3,(H,19,21). The van der Waals surface area contributed by atoms with E-state index in [0.29, 0.717) is 6.61 Å². The molecule has 4 heteroatoms. The first-order valence-corrected chi connectivity index (χ1v) is 7.85. The van der Waals surface area contributed by atoms with Crippen LogP contribution in [0.25, 0.3) is 0 Å². The number of hydrogen-bond donors (Lipinski definition) is 1. The van der Waals surface area contributed by atoms with Gasteiger partial charge in [-0.15, -0.1) is 0 Å². The molecule has 1 aromatic rings. The van der Waals surface area contributed by atoms with Crippen molar-refractivity contribution in [1.82, 2.24) is 10.2 Å². The number of likely N-dealkylation sites (N-methyl/N-ethyl adjacent to an activating group) is 1. The summed E-state index contributed by atoms with van der Waals surface area (Å²) in [6.45, 7) is 8.98. The van der Waals surface area contributed by atoms with Crippen LogP contribution >= 0.6 is 0 Å². The molecule has 2 unspecified atom stereocenters. The lowest BCUT2D eigenvalue weighted by molar-refractivity contribution is 0.122. The van der Waals surface area contributed by atoms with E-state index >= 15 is 0 Å². The number of methoxy groups -OCH3 is 1. The molecule has 0 saturated carbocycles. The summed E-state index contributed by atoms with van der Waals surface area (Å²) >= 11 is 0. The summed E-state index contributed by atoms with van der Waals surface area (Å²) in [5.41, 5.74) is 1.31. The molecule has 0 aliphatic heterocycles. The molecule has 0 aliphatic rings. The van der Waals surface area contributed by atoms with E-state index in [9.17, 15) is 4.79 Å². The highest BCUT2D eigenvalue weighted by atomic mass is 16.5. The second kappa shape index (κ2) is 8.18. The Morgan fingerprint density at radius 3 is 2.41 bits per heavy atom. The molecule has 0 aromatic heterocycles. The summed E-state index contributed by atoms with van der Waals surface area (Å²) in [7, 11) is 3.45. The van der Waals surface area contributed by atoms with Crippen molar-refractivity contribution in [3.63, 3.8) is 0 Å². The maximum absolute atomic E-state index is 12.3. The number of nitrogens with one attached hydrogen (secondary N) is 1. The first kappa shape index (κ1) is 18.5. The van der Waals surface area contributed by atoms with E-state index in [1.807, 2.05) is 13.0 Å². The molecule has 1 N–H and O–H groups in total. The van der Waals surface area contributed by atoms with Crippen LogP contribution in [-0.4, -0.2) is 43.8 Å². The van der Waals surface area contributed by atoms with Gasteiger partial charge in [-0.3, -0.25) is 0 Å². The summed E-state index contributed by atoms with van der Waals surface area (Å²) < 4.78 is 5.10. The zero-order valence-electron chi connectivity index (χ0n) is 14.7. The van der Waals surface area contributed by atoms with Crippen molar-refractivity contribution in [2.24, 2.45) is 0 Å². The lowest BCUT2D eigenvalue weighted by atomic mass is 9.79. The Balaban J connectivity index is 2.58. The number of carbonyl (C=O) groups excluding carboxylic acids is 1. The molecule has 1 aromatic carbocycles. The summed E-state index contributed by atoms with van der Waals surface area (Å²) in [5.74, 6) is 0. The highest BCUT2D eigenvalue weighted by Crippen LogP contribution is 2.28. The number of urea groups is 1. The summed E-state index contributed by atoms with van der Waals surface area (Å²) in [4.78, 5) is 13.9. The van der Waals surface area contributed by atoms with Crippen LogP contribution in [0.3, 0.4) is 0 Å². The molecule has 0 spiro atoms. The Hall–Kier alpha value is -1.55. The fourth-order valence-electron chi connectivity index (χ4n) is 2.69. The van der Waals surface area contributed by atoms with E-state index in [1.165, 1.54) is 5.56 Å². The average molecular weight is 306 g/mol. The van der Waals surface area contributed by atoms with Gasteiger partial charge in [0.15, 0.2) is 0 Å². The molecule has 0 radical (unpaired) electrons. The molecule has 4 nitrogen and oxygen atoms in total. The van der Waals surface area contributed by atoms with Crippen molar-refractivity contribution >= 4 is 6.03 Å². The first-order valence-electron chi connectivity index (χ1n) is 7.85. The SMILES string of the molecule is COCC(C)N(C)C(=O)NC(C)CC(C)(C)c1ccccc1. The molecular weight excluding hydrogens is 276 g/mol. The van der Waals surface area contributed by atoms with Crippen LogP contribution in [-0.2, 0) is 10.2 Å². The Morgan fingerprint density at radius 1 is 1.27 bits per heavy atom. The number of nitrogens with zero attached hydrogens (tertiary/aromatic N) is 1. The Labute approximate surface area is 134 Å². The summed E-state index contributed by atoms with van der Waals surface area (Å²) in [6, 6.07) is 10.5. The van der Waals surface area contributed by atoms with Gasteiger partial charge >= 0.3 is 6.03 Å². The Kier molecular flexibility index (Phi) is 6.88. The van der Waals surface area contributed by atoms with E-state index < -0.39 is 0 Å². The lowest BCUT2D eigenvalue weighted by Gasteiger charge is -2.31. The van der Waals surface area contributed by atoms with Crippen LogP contribution < -0.4 is 5.32 Å². The molecular formula is C18H30N2O2. The van der Waals surface area contributed by atoms with E-state index in [1.54, 1.807) is 19.1 Å². The summed E-state index contributed by atoms with van der Waals surface area (Å²) in [6.07, 6.45) is 0.884. The van der Waals surface area contributed by atoms with Crippen molar-refractivity contribution in [3.05, 3.63) is 35.9 Å². The van der Waals surface area contributed by atoms with Gasteiger partial charge in [-0.25, -0.2) is 4.79 Å². The topological polar surface area (TPSA) is 41.6 Å². The lowest BCUT2D eigenvalue weighted by Crippen LogP contribution is -2.48. The van der Waals surface area contributed by atoms with Crippen LogP contribution in [0.2, 0.25) is 0 Å². The van der Waals surface area contributed by atoms with Gasteiger partial charge < -0.3 is 15.0 Å². The maximum Gasteiger partial charge on any atom is 0.317 e. The van der Waals surface area contributed by atoms with E-state index in [2.05, 4.69) is 50.4 Å². The third-order valence-corrected chi connectivity index (χ3v) is 4.13. The quantitative estimate of drug-likeness (QED) is 0.838. The molecule has 0 bridgehead atoms. The fraction of sp³-hybridized carbons (Fsp3) is 0.611. The smallest absolute Gasteiger partial charge is 0.317 e. The van der Waals surface area contributed by atoms with Gasteiger partial charge in [0.05, 0.1) is 12.6 Å². The number of hydrogen-bond acceptors (Lipinski definition) is 2. The molecule has 0 heterocycles. The van der Waals surface area contributed by atoms with Gasteiger partial charge in [-0.1, -0.05) is 44.2 Å². The van der Waals surface area contributed by atoms with Crippen LogP contribution in [0, 0.1) is 0 Å². The van der Waals surface area contributed by atoms with Crippen molar-refractivity contribution in [1.29, 1.82) is 0 Å². The maximum atomic E-state index is 12.3. The van der Waals surface area contributed by atoms with Crippen molar-refractivity contribution in [2.75, 3.05) is 20.8 Å². The second-order valence-electron chi connectivity index (χ2n) is 6.72. The second-order valence-corrected chi connectivity index (χ2v) is 6.72. The molecule has 2 atom stereocenters. The van der Waals surface area contributed by atoms with Gasteiger partial charge in [-0.2, -0.15) is 0 Å². The molecule has 124 valence electrons. The van der Waals surface area contributed by atoms with Crippen molar-refractivity contribution in [3.8, 4) is 0 Å². The molecule has 0 aliphatic carbocycles. The Morgan fingerprint density at radius 2 is 1.86 bits per heavy atom. The van der Waals surface area contributed by atoms with E-state index in [0.717, 1.165) is 6.42 Å². The third kappa shape index (κ3) is 5.34. The molecule has 0 fully saturated rings. The van der Waals surface area contributed by atoms with Gasteiger partial charge in [0.1, 0.15) is 0 Å². The number of ether oxygens (including phenoxy) is 1. The predicted octanol–water partition coefficient (Wildman–Crippen LogP) is 3.42. The minimum atomic E-state index is -0.0547. The van der Waals surface area contributed by atoms with Gasteiger partial charge in [0, 0.05) is 20.2 Å². The third-order valence-electron chi connectivity index (χ3n) is 4.13. The molecule has 2 amide bonds. The monoisotopic (exact) mass is 306 g/mol. The first-order chi connectivity index (χ1) is 10.3. The van der Waals surface area contributed by atoms with Crippen molar-refractivity contribution in [2.45, 2.75) is 51.6 Å². The van der Waals surface area contributed by atoms with E-state index in [4.69, 9.17) is 4.74 Å². The largest absolute Gasteiger partial charge is 0.383 e. The van der Waals surface area contributed by atoms with Crippen LogP contribution in [0.4, 0.5) is 4.79 Å². The highest BCUT2D eigenvalue weighted by molar-refractivity contribution is 5.74. The number of carbonyl (C=O) groups is 1. The van der Waals surface area contributed by atoms with Crippen LogP contribution in [0.1, 0.15) is 39.7 Å². The van der Waals surface area contributed by atoms with Gasteiger partial charge in [0.25, 0.3) is 0 Å². The predicted molar refractivity (Wildman–Crippen MR) is 91.2 cm³/mol. The zero-order chi connectivity index (χ0) is 16.8. The zero-order valence-corrected chi connectivity index (χ0v) is 14.7. The normalized spacial score (nSPS) is 14.3. The minimum absolute atomic E-state index is 0.0185. The number of rotatable bonds is 7. The number of benzene rings is 1. The number of amides is 2. The average Bonchev–Trinajstić information content (AvgIpc) is 2.46. The minimum Gasteiger partial charge on any atom is -0.383 e. The molecule has 0 saturated heterocycles. The summed E-state index contributed by atoms with van der Waals surface area (Å²) in [5, 5.41) is 3.08. The molecule has 1 rings (SSSR count). The molecule has 22 heavy (non-hydrogen) atoms. The van der Waals surface area contributed by atoms with Gasteiger partial charge in [0.2, 0.25) is 0 Å². The van der Waals surface area contributed by atoms with Crippen molar-refractivity contribution < 1.29 is 9.53 Å². The van der Waals surface area contributed by atoms with Crippen LogP contribution in [0.15, 0.2) is 30.3 Å². The highest BCUT2D eigenvalue weighted by Gasteiger charge is 2.25. The van der Waals surface area contributed by atoms with E-state index in [-0.39, 0.29) is 23.5 Å². The fourth-order valence-corrected chi connectivity index (χ4v) is 2.69.